The van der Waals surface area contributed by atoms with Crippen molar-refractivity contribution in [2.24, 2.45) is 0 Å². The molecule has 13 heavy (non-hydrogen) atoms. The van der Waals surface area contributed by atoms with Crippen LogP contribution in [0.15, 0.2) is 12.4 Å². The van der Waals surface area contributed by atoms with Gasteiger partial charge in [0.05, 0.1) is 6.61 Å². The first-order valence-electron chi connectivity index (χ1n) is 4.93. The van der Waals surface area contributed by atoms with E-state index in [1.54, 1.807) is 7.11 Å². The molecular weight excluding hydrogens is 164 g/mol. The highest BCUT2D eigenvalue weighted by Crippen LogP contribution is 1.96. The van der Waals surface area contributed by atoms with Crippen molar-refractivity contribution in [2.45, 2.75) is 32.7 Å². The van der Waals surface area contributed by atoms with E-state index in [2.05, 4.69) is 22.7 Å². The fraction of sp³-hybridized carbons (Fsp3) is 0.700. The average Bonchev–Trinajstić information content (AvgIpc) is 2.59. The van der Waals surface area contributed by atoms with Gasteiger partial charge in [-0.25, -0.2) is 9.55 Å². The number of aromatic amines is 1. The average molecular weight is 183 g/mol. The summed E-state index contributed by atoms with van der Waals surface area (Å²) in [6.45, 7) is 3.93. The third kappa shape index (κ3) is 3.19. The van der Waals surface area contributed by atoms with Gasteiger partial charge in [-0.3, -0.25) is 0 Å². The Bertz CT molecular complexity index is 210. The zero-order valence-corrected chi connectivity index (χ0v) is 8.55. The summed E-state index contributed by atoms with van der Waals surface area (Å²) in [4.78, 5) is 3.26. The van der Waals surface area contributed by atoms with Gasteiger partial charge in [0.2, 0.25) is 0 Å². The number of H-pyrrole nitrogens is 1. The van der Waals surface area contributed by atoms with Crippen LogP contribution in [0.3, 0.4) is 0 Å². The summed E-state index contributed by atoms with van der Waals surface area (Å²) in [7, 11) is 1.74. The molecule has 0 atom stereocenters. The van der Waals surface area contributed by atoms with E-state index < -0.39 is 0 Å². The molecule has 0 aliphatic heterocycles. The summed E-state index contributed by atoms with van der Waals surface area (Å²) in [6.07, 6.45) is 7.68. The Kier molecular flexibility index (Phi) is 4.54. The van der Waals surface area contributed by atoms with Crippen LogP contribution in [0.25, 0.3) is 0 Å². The molecule has 0 bridgehead atoms. The lowest BCUT2D eigenvalue weighted by Crippen LogP contribution is -2.38. The number of hydrogen-bond donors (Lipinski definition) is 1. The number of hydrogen-bond acceptors (Lipinski definition) is 1. The molecule has 0 fully saturated rings. The summed E-state index contributed by atoms with van der Waals surface area (Å²) < 4.78 is 7.26. The molecule has 74 valence electrons. The van der Waals surface area contributed by atoms with Crippen molar-refractivity contribution in [3.8, 4) is 0 Å². The normalized spacial score (nSPS) is 10.6. The summed E-state index contributed by atoms with van der Waals surface area (Å²) in [5, 5.41) is 0. The van der Waals surface area contributed by atoms with Gasteiger partial charge in [-0.15, -0.1) is 0 Å². The Hall–Kier alpha value is -0.830. The van der Waals surface area contributed by atoms with Crippen LogP contribution in [0.4, 0.5) is 0 Å². The molecule has 0 unspecified atom stereocenters. The summed E-state index contributed by atoms with van der Waals surface area (Å²) >= 11 is 0. The zero-order chi connectivity index (χ0) is 9.52. The second-order valence-electron chi connectivity index (χ2n) is 3.20. The third-order valence-electron chi connectivity index (χ3n) is 2.15. The Balaban J connectivity index is 2.45. The van der Waals surface area contributed by atoms with Crippen LogP contribution >= 0.6 is 0 Å². The largest absolute Gasteiger partial charge is 0.381 e. The molecule has 1 heterocycles. The Labute approximate surface area is 79.7 Å². The summed E-state index contributed by atoms with van der Waals surface area (Å²) in [6, 6.07) is 0. The van der Waals surface area contributed by atoms with Crippen LogP contribution < -0.4 is 4.57 Å². The van der Waals surface area contributed by atoms with Crippen molar-refractivity contribution >= 4 is 0 Å². The van der Waals surface area contributed by atoms with Crippen molar-refractivity contribution in [3.63, 3.8) is 0 Å². The van der Waals surface area contributed by atoms with Crippen molar-refractivity contribution in [3.05, 3.63) is 18.2 Å². The van der Waals surface area contributed by atoms with Crippen molar-refractivity contribution in [1.82, 2.24) is 4.98 Å². The topological polar surface area (TPSA) is 28.9 Å². The fourth-order valence-electron chi connectivity index (χ4n) is 1.36. The summed E-state index contributed by atoms with van der Waals surface area (Å²) in [5.41, 5.74) is 0. The van der Waals surface area contributed by atoms with Gasteiger partial charge in [0.15, 0.2) is 0 Å². The molecule has 0 aromatic carbocycles. The highest BCUT2D eigenvalue weighted by molar-refractivity contribution is 4.76. The molecule has 0 saturated carbocycles. The maximum Gasteiger partial charge on any atom is 0.254 e. The molecular formula is C10H19N2O+. The molecule has 3 nitrogen and oxygen atoms in total. The van der Waals surface area contributed by atoms with E-state index in [-0.39, 0.29) is 0 Å². The monoisotopic (exact) mass is 183 g/mol. The second kappa shape index (κ2) is 5.75. The predicted octanol–water partition coefficient (Wildman–Crippen LogP) is 1.29. The number of aromatic nitrogens is 2. The molecule has 0 saturated heterocycles. The first-order chi connectivity index (χ1) is 6.38. The Morgan fingerprint density at radius 1 is 1.54 bits per heavy atom. The first-order valence-corrected chi connectivity index (χ1v) is 4.93. The van der Waals surface area contributed by atoms with Gasteiger partial charge in [-0.2, -0.15) is 0 Å². The highest BCUT2D eigenvalue weighted by atomic mass is 16.5. The molecule has 1 aromatic rings. The molecule has 0 spiro atoms. The van der Waals surface area contributed by atoms with Gasteiger partial charge in [0.25, 0.3) is 5.82 Å². The van der Waals surface area contributed by atoms with Crippen LogP contribution in [0.5, 0.6) is 0 Å². The van der Waals surface area contributed by atoms with Crippen molar-refractivity contribution in [1.29, 1.82) is 0 Å². The van der Waals surface area contributed by atoms with Crippen LogP contribution in [0.2, 0.25) is 0 Å². The van der Waals surface area contributed by atoms with Gasteiger partial charge in [0.1, 0.15) is 18.9 Å². The molecule has 0 radical (unpaired) electrons. The number of aryl methyl sites for hydroxylation is 1. The van der Waals surface area contributed by atoms with Gasteiger partial charge in [-0.1, -0.05) is 13.3 Å². The third-order valence-corrected chi connectivity index (χ3v) is 2.15. The van der Waals surface area contributed by atoms with E-state index in [9.17, 15) is 0 Å². The van der Waals surface area contributed by atoms with E-state index in [1.807, 2.05) is 6.20 Å². The number of nitrogens with one attached hydrogen (secondary N) is 1. The lowest BCUT2D eigenvalue weighted by Gasteiger charge is -1.99. The van der Waals surface area contributed by atoms with Crippen LogP contribution in [0, 0.1) is 0 Å². The number of methoxy groups -OCH3 is 1. The number of unbranched alkanes of at least 4 members (excludes halogenated alkanes) is 1. The standard InChI is InChI=1S/C10H18N2O/c1-3-4-5-10-11-6-7-12(10)8-9-13-2/h6-7H,3-5,8-9H2,1-2H3/p+1. The van der Waals surface area contributed by atoms with Gasteiger partial charge < -0.3 is 4.74 Å². The van der Waals surface area contributed by atoms with Crippen molar-refractivity contribution < 1.29 is 9.30 Å². The molecule has 1 rings (SSSR count). The Morgan fingerprint density at radius 2 is 2.38 bits per heavy atom. The number of ether oxygens (including phenoxy) is 1. The van der Waals surface area contributed by atoms with Gasteiger partial charge in [-0.05, 0) is 6.42 Å². The molecule has 0 aliphatic carbocycles. The van der Waals surface area contributed by atoms with E-state index in [1.165, 1.54) is 18.7 Å². The minimum absolute atomic E-state index is 0.779. The quantitative estimate of drug-likeness (QED) is 0.661. The molecule has 0 aliphatic rings. The van der Waals surface area contributed by atoms with E-state index in [0.29, 0.717) is 0 Å². The van der Waals surface area contributed by atoms with Gasteiger partial charge in [0, 0.05) is 13.5 Å². The lowest BCUT2D eigenvalue weighted by atomic mass is 10.2. The molecule has 1 aromatic heterocycles. The summed E-state index contributed by atoms with van der Waals surface area (Å²) in [5.74, 6) is 1.30. The molecule has 0 amide bonds. The van der Waals surface area contributed by atoms with Crippen LogP contribution in [-0.2, 0) is 17.7 Å². The van der Waals surface area contributed by atoms with E-state index in [0.717, 1.165) is 19.6 Å². The van der Waals surface area contributed by atoms with E-state index in [4.69, 9.17) is 4.74 Å². The lowest BCUT2D eigenvalue weighted by molar-refractivity contribution is -0.704. The van der Waals surface area contributed by atoms with Gasteiger partial charge >= 0.3 is 0 Å². The van der Waals surface area contributed by atoms with Crippen LogP contribution in [0.1, 0.15) is 25.6 Å². The molecule has 3 heteroatoms. The second-order valence-corrected chi connectivity index (χ2v) is 3.20. The predicted molar refractivity (Wildman–Crippen MR) is 51.5 cm³/mol. The Morgan fingerprint density at radius 3 is 3.08 bits per heavy atom. The maximum absolute atomic E-state index is 5.04. The SMILES string of the molecule is CCCCc1[nH]cc[n+]1CCOC. The van der Waals surface area contributed by atoms with Crippen LogP contribution in [-0.4, -0.2) is 18.7 Å². The first kappa shape index (κ1) is 10.3. The smallest absolute Gasteiger partial charge is 0.254 e. The highest BCUT2D eigenvalue weighted by Gasteiger charge is 2.08. The van der Waals surface area contributed by atoms with Crippen molar-refractivity contribution in [2.75, 3.05) is 13.7 Å². The zero-order valence-electron chi connectivity index (χ0n) is 8.55. The number of imidazole rings is 1. The number of rotatable bonds is 6. The minimum atomic E-state index is 0.779. The fourth-order valence-corrected chi connectivity index (χ4v) is 1.36. The van der Waals surface area contributed by atoms with E-state index >= 15 is 0 Å². The maximum atomic E-state index is 5.04. The minimum Gasteiger partial charge on any atom is -0.381 e. The number of nitrogens with zero attached hydrogens (tertiary/aromatic N) is 1. The molecule has 1 N–H and O–H groups in total.